The second kappa shape index (κ2) is 8.12. The molecule has 0 unspecified atom stereocenters. The lowest BCUT2D eigenvalue weighted by Gasteiger charge is -2.43. The molecule has 31 heavy (non-hydrogen) atoms. The fourth-order valence-electron chi connectivity index (χ4n) is 4.32. The maximum Gasteiger partial charge on any atom is 0.259 e. The first-order valence-corrected chi connectivity index (χ1v) is 10.8. The van der Waals surface area contributed by atoms with Gasteiger partial charge in [0.25, 0.3) is 5.91 Å². The molecule has 158 valence electrons. The topological polar surface area (TPSA) is 76.4 Å². The van der Waals surface area contributed by atoms with Crippen LogP contribution in [-0.4, -0.2) is 29.5 Å². The summed E-state index contributed by atoms with van der Waals surface area (Å²) in [6, 6.07) is 15.5. The van der Waals surface area contributed by atoms with Crippen molar-refractivity contribution in [2.75, 3.05) is 16.8 Å². The van der Waals surface area contributed by atoms with E-state index in [1.807, 2.05) is 42.2 Å². The van der Waals surface area contributed by atoms with E-state index in [2.05, 4.69) is 11.4 Å². The first-order chi connectivity index (χ1) is 14.9. The molecule has 1 N–H and O–H groups in total. The minimum Gasteiger partial charge on any atom is -0.359 e. The molecule has 1 aliphatic carbocycles. The number of nitriles is 1. The van der Waals surface area contributed by atoms with Gasteiger partial charge < -0.3 is 10.2 Å². The number of hydrogen-bond acceptors (Lipinski definition) is 4. The van der Waals surface area contributed by atoms with E-state index in [1.165, 1.54) is 0 Å². The highest BCUT2D eigenvalue weighted by molar-refractivity contribution is 7.81. The molecule has 0 radical (unpaired) electrons. The summed E-state index contributed by atoms with van der Waals surface area (Å²) in [7, 11) is 1.63. The fourth-order valence-corrected chi connectivity index (χ4v) is 4.78. The van der Waals surface area contributed by atoms with Crippen molar-refractivity contribution in [3.63, 3.8) is 0 Å². The maximum absolute atomic E-state index is 13.5. The Labute approximate surface area is 187 Å². The molecule has 1 saturated heterocycles. The number of rotatable bonds is 5. The Morgan fingerprint density at radius 2 is 1.87 bits per heavy atom. The van der Waals surface area contributed by atoms with E-state index in [1.54, 1.807) is 24.1 Å². The molecule has 2 aromatic rings. The number of aryl methyl sites for hydroxylation is 2. The van der Waals surface area contributed by atoms with Crippen LogP contribution in [0, 0.1) is 18.3 Å². The molecule has 2 fully saturated rings. The zero-order valence-corrected chi connectivity index (χ0v) is 18.5. The summed E-state index contributed by atoms with van der Waals surface area (Å²) in [5.74, 6) is 0.00807. The summed E-state index contributed by atoms with van der Waals surface area (Å²) in [4.78, 5) is 28.6. The highest BCUT2D eigenvalue weighted by atomic mass is 32.1. The van der Waals surface area contributed by atoms with Crippen molar-refractivity contribution in [1.82, 2.24) is 5.32 Å². The standard InChI is InChI=1S/C24H24N4O2S/c1-16-14-20(10-7-18(16)15-25)27-22(30)24(12-3-13-24)28(23(27)31)19-8-4-17(5-9-19)6-11-21(29)26-2/h4-5,7-10,14H,3,6,11-13H2,1-2H3,(H,26,29). The van der Waals surface area contributed by atoms with E-state index in [0.717, 1.165) is 36.1 Å². The Bertz CT molecular complexity index is 1100. The van der Waals surface area contributed by atoms with Gasteiger partial charge in [-0.15, -0.1) is 0 Å². The van der Waals surface area contributed by atoms with Crippen molar-refractivity contribution >= 4 is 40.5 Å². The molecule has 1 saturated carbocycles. The SMILES string of the molecule is CNC(=O)CCc1ccc(N2C(=S)N(c3ccc(C#N)c(C)c3)C(=O)C23CCC3)cc1. The fraction of sp³-hybridized carbons (Fsp3) is 0.333. The lowest BCUT2D eigenvalue weighted by Crippen LogP contribution is -2.55. The lowest BCUT2D eigenvalue weighted by molar-refractivity contribution is -0.124. The minimum absolute atomic E-state index is 0.00319. The minimum atomic E-state index is -0.636. The summed E-state index contributed by atoms with van der Waals surface area (Å²) in [5.41, 5.74) is 3.41. The molecule has 1 aliphatic heterocycles. The number of anilines is 2. The molecule has 0 aromatic heterocycles. The monoisotopic (exact) mass is 432 g/mol. The molecular formula is C24H24N4O2S. The van der Waals surface area contributed by atoms with E-state index in [9.17, 15) is 14.9 Å². The van der Waals surface area contributed by atoms with Crippen molar-refractivity contribution < 1.29 is 9.59 Å². The number of carbonyl (C=O) groups excluding carboxylic acids is 2. The van der Waals surface area contributed by atoms with Gasteiger partial charge in [-0.1, -0.05) is 12.1 Å². The van der Waals surface area contributed by atoms with Crippen molar-refractivity contribution in [2.45, 2.75) is 44.6 Å². The molecular weight excluding hydrogens is 408 g/mol. The predicted octanol–water partition coefficient (Wildman–Crippen LogP) is 3.61. The van der Waals surface area contributed by atoms with Gasteiger partial charge in [0.1, 0.15) is 5.54 Å². The molecule has 6 nitrogen and oxygen atoms in total. The summed E-state index contributed by atoms with van der Waals surface area (Å²) in [6.07, 6.45) is 3.60. The first kappa shape index (κ1) is 21.0. The summed E-state index contributed by atoms with van der Waals surface area (Å²) < 4.78 is 0. The zero-order chi connectivity index (χ0) is 22.2. The van der Waals surface area contributed by atoms with Crippen LogP contribution in [0.5, 0.6) is 0 Å². The van der Waals surface area contributed by atoms with Gasteiger partial charge in [-0.05, 0) is 86.3 Å². The van der Waals surface area contributed by atoms with Crippen LogP contribution in [0.15, 0.2) is 42.5 Å². The normalized spacial score (nSPS) is 16.9. The Balaban J connectivity index is 1.64. The van der Waals surface area contributed by atoms with Gasteiger partial charge in [-0.25, -0.2) is 0 Å². The number of carbonyl (C=O) groups is 2. The van der Waals surface area contributed by atoms with Crippen molar-refractivity contribution in [1.29, 1.82) is 5.26 Å². The van der Waals surface area contributed by atoms with Crippen LogP contribution in [-0.2, 0) is 16.0 Å². The maximum atomic E-state index is 13.5. The van der Waals surface area contributed by atoms with Crippen molar-refractivity contribution in [3.05, 3.63) is 59.2 Å². The van der Waals surface area contributed by atoms with Gasteiger partial charge in [-0.2, -0.15) is 5.26 Å². The largest absolute Gasteiger partial charge is 0.359 e. The van der Waals surface area contributed by atoms with Gasteiger partial charge in [0.2, 0.25) is 5.91 Å². The number of nitrogens with one attached hydrogen (secondary N) is 1. The zero-order valence-electron chi connectivity index (χ0n) is 17.6. The molecule has 1 heterocycles. The van der Waals surface area contributed by atoms with Gasteiger partial charge >= 0.3 is 0 Å². The van der Waals surface area contributed by atoms with Crippen LogP contribution < -0.4 is 15.1 Å². The molecule has 2 aromatic carbocycles. The lowest BCUT2D eigenvalue weighted by atomic mass is 9.75. The highest BCUT2D eigenvalue weighted by Gasteiger charge is 2.59. The third-order valence-corrected chi connectivity index (χ3v) is 6.66. The summed E-state index contributed by atoms with van der Waals surface area (Å²) in [6.45, 7) is 1.86. The second-order valence-electron chi connectivity index (χ2n) is 8.09. The van der Waals surface area contributed by atoms with E-state index in [0.29, 0.717) is 29.2 Å². The van der Waals surface area contributed by atoms with E-state index in [-0.39, 0.29) is 11.8 Å². The number of benzene rings is 2. The third kappa shape index (κ3) is 3.47. The molecule has 0 bridgehead atoms. The third-order valence-electron chi connectivity index (χ3n) is 6.30. The van der Waals surface area contributed by atoms with E-state index >= 15 is 0 Å². The number of hydrogen-bond donors (Lipinski definition) is 1. The summed E-state index contributed by atoms with van der Waals surface area (Å²) in [5, 5.41) is 12.3. The van der Waals surface area contributed by atoms with Crippen molar-refractivity contribution in [3.8, 4) is 6.07 Å². The smallest absolute Gasteiger partial charge is 0.259 e. The van der Waals surface area contributed by atoms with E-state index in [4.69, 9.17) is 12.2 Å². The number of thiocarbonyl (C=S) groups is 1. The van der Waals surface area contributed by atoms with Crippen molar-refractivity contribution in [2.24, 2.45) is 0 Å². The van der Waals surface area contributed by atoms with Gasteiger partial charge in [0.15, 0.2) is 5.11 Å². The molecule has 2 amide bonds. The van der Waals surface area contributed by atoms with E-state index < -0.39 is 5.54 Å². The molecule has 1 spiro atoms. The quantitative estimate of drug-likeness (QED) is 0.731. The molecule has 0 atom stereocenters. The average Bonchev–Trinajstić information content (AvgIpc) is 2.99. The molecule has 2 aliphatic rings. The Kier molecular flexibility index (Phi) is 5.50. The Hall–Kier alpha value is -3.24. The van der Waals surface area contributed by atoms with Crippen LogP contribution in [0.1, 0.15) is 42.4 Å². The molecule has 7 heteroatoms. The Morgan fingerprint density at radius 1 is 1.19 bits per heavy atom. The number of amides is 2. The van der Waals surface area contributed by atoms with Gasteiger partial charge in [0, 0.05) is 19.2 Å². The number of nitrogens with zero attached hydrogens (tertiary/aromatic N) is 3. The van der Waals surface area contributed by atoms with Gasteiger partial charge in [0.05, 0.1) is 17.3 Å². The van der Waals surface area contributed by atoms with Crippen LogP contribution in [0.2, 0.25) is 0 Å². The summed E-state index contributed by atoms with van der Waals surface area (Å²) >= 11 is 5.80. The van der Waals surface area contributed by atoms with Crippen LogP contribution in [0.25, 0.3) is 0 Å². The Morgan fingerprint density at radius 3 is 2.42 bits per heavy atom. The predicted molar refractivity (Wildman–Crippen MR) is 124 cm³/mol. The molecule has 4 rings (SSSR count). The first-order valence-electron chi connectivity index (χ1n) is 10.4. The van der Waals surface area contributed by atoms with Gasteiger partial charge in [-0.3, -0.25) is 14.5 Å². The average molecular weight is 433 g/mol. The highest BCUT2D eigenvalue weighted by Crippen LogP contribution is 2.47. The van der Waals surface area contributed by atoms with Crippen LogP contribution in [0.4, 0.5) is 11.4 Å². The van der Waals surface area contributed by atoms with Crippen LogP contribution >= 0.6 is 12.2 Å². The van der Waals surface area contributed by atoms with Crippen LogP contribution in [0.3, 0.4) is 0 Å². The second-order valence-corrected chi connectivity index (χ2v) is 8.46.